The third-order valence-corrected chi connectivity index (χ3v) is 3.18. The highest BCUT2D eigenvalue weighted by Gasteiger charge is 2.11. The molecular weight excluding hydrogens is 318 g/mol. The fraction of sp³-hybridized carbons (Fsp3) is 0.0625. The molecular formula is C16H12F2N4O2. The number of primary amides is 1. The van der Waals surface area contributed by atoms with E-state index in [-0.39, 0.29) is 17.9 Å². The molecule has 1 aromatic carbocycles. The van der Waals surface area contributed by atoms with Gasteiger partial charge in [0.1, 0.15) is 24.0 Å². The first kappa shape index (κ1) is 15.6. The summed E-state index contributed by atoms with van der Waals surface area (Å²) >= 11 is 0. The summed E-state index contributed by atoms with van der Waals surface area (Å²) in [5, 5.41) is 4.03. The van der Waals surface area contributed by atoms with Crippen LogP contribution in [0.1, 0.15) is 15.9 Å². The second-order valence-electron chi connectivity index (χ2n) is 4.92. The molecule has 0 spiro atoms. The molecule has 3 rings (SSSR count). The standard InChI is InChI=1S/C16H12F2N4O2/c17-12-4-13(18)6-14(5-12)24-9-10-2-1-3-20-16(10)22-8-11(7-21-22)15(19)23/h1-8H,9H2,(H2,19,23). The van der Waals surface area contributed by atoms with Crippen LogP contribution in [0.3, 0.4) is 0 Å². The third kappa shape index (κ3) is 3.37. The molecule has 8 heteroatoms. The van der Waals surface area contributed by atoms with Crippen molar-refractivity contribution >= 4 is 5.91 Å². The molecule has 1 amide bonds. The van der Waals surface area contributed by atoms with Gasteiger partial charge in [-0.25, -0.2) is 18.4 Å². The van der Waals surface area contributed by atoms with E-state index in [9.17, 15) is 13.6 Å². The first-order chi connectivity index (χ1) is 11.5. The molecule has 0 saturated carbocycles. The summed E-state index contributed by atoms with van der Waals surface area (Å²) in [6.07, 6.45) is 4.31. The lowest BCUT2D eigenvalue weighted by Crippen LogP contribution is -2.10. The molecule has 2 N–H and O–H groups in total. The molecule has 0 aliphatic carbocycles. The van der Waals surface area contributed by atoms with Crippen LogP contribution in [0.5, 0.6) is 5.75 Å². The topological polar surface area (TPSA) is 83.0 Å². The number of carbonyl (C=O) groups excluding carboxylic acids is 1. The lowest BCUT2D eigenvalue weighted by atomic mass is 10.2. The van der Waals surface area contributed by atoms with Crippen LogP contribution in [0, 0.1) is 11.6 Å². The van der Waals surface area contributed by atoms with Gasteiger partial charge in [-0.3, -0.25) is 4.79 Å². The van der Waals surface area contributed by atoms with E-state index in [0.29, 0.717) is 11.4 Å². The van der Waals surface area contributed by atoms with Gasteiger partial charge in [-0.2, -0.15) is 5.10 Å². The SMILES string of the molecule is NC(=O)c1cnn(-c2ncccc2COc2cc(F)cc(F)c2)c1. The van der Waals surface area contributed by atoms with Crippen molar-refractivity contribution in [1.29, 1.82) is 0 Å². The minimum Gasteiger partial charge on any atom is -0.489 e. The molecule has 0 saturated heterocycles. The van der Waals surface area contributed by atoms with Crippen LogP contribution >= 0.6 is 0 Å². The van der Waals surface area contributed by atoms with E-state index < -0.39 is 17.5 Å². The molecule has 0 aliphatic rings. The van der Waals surface area contributed by atoms with Gasteiger partial charge in [0.25, 0.3) is 5.91 Å². The zero-order valence-electron chi connectivity index (χ0n) is 12.3. The maximum absolute atomic E-state index is 13.2. The summed E-state index contributed by atoms with van der Waals surface area (Å²) in [6, 6.07) is 6.34. The van der Waals surface area contributed by atoms with Crippen molar-refractivity contribution < 1.29 is 18.3 Å². The van der Waals surface area contributed by atoms with E-state index in [1.807, 2.05) is 0 Å². The molecule has 2 aromatic heterocycles. The first-order valence-corrected chi connectivity index (χ1v) is 6.90. The summed E-state index contributed by atoms with van der Waals surface area (Å²) in [5.74, 6) is -1.59. The molecule has 0 unspecified atom stereocenters. The number of hydrogen-bond acceptors (Lipinski definition) is 4. The summed E-state index contributed by atoms with van der Waals surface area (Å²) in [5.41, 5.74) is 6.05. The highest BCUT2D eigenvalue weighted by atomic mass is 19.1. The van der Waals surface area contributed by atoms with Crippen LogP contribution in [-0.4, -0.2) is 20.7 Å². The van der Waals surface area contributed by atoms with Crippen molar-refractivity contribution in [2.45, 2.75) is 6.61 Å². The number of amides is 1. The Hall–Kier alpha value is -3.29. The number of aromatic nitrogens is 3. The predicted octanol–water partition coefficient (Wildman–Crippen LogP) is 2.22. The van der Waals surface area contributed by atoms with E-state index in [2.05, 4.69) is 10.1 Å². The van der Waals surface area contributed by atoms with Crippen LogP contribution in [-0.2, 0) is 6.61 Å². The van der Waals surface area contributed by atoms with E-state index >= 15 is 0 Å². The highest BCUT2D eigenvalue weighted by molar-refractivity contribution is 5.92. The van der Waals surface area contributed by atoms with Gasteiger partial charge >= 0.3 is 0 Å². The Morgan fingerprint density at radius 2 is 2.00 bits per heavy atom. The molecule has 6 nitrogen and oxygen atoms in total. The van der Waals surface area contributed by atoms with Gasteiger partial charge < -0.3 is 10.5 Å². The number of halogens is 2. The number of carbonyl (C=O) groups is 1. The van der Waals surface area contributed by atoms with Crippen molar-refractivity contribution in [3.8, 4) is 11.6 Å². The van der Waals surface area contributed by atoms with Gasteiger partial charge in [-0.1, -0.05) is 6.07 Å². The highest BCUT2D eigenvalue weighted by Crippen LogP contribution is 2.19. The molecule has 3 aromatic rings. The number of hydrogen-bond donors (Lipinski definition) is 1. The zero-order chi connectivity index (χ0) is 17.1. The van der Waals surface area contributed by atoms with E-state index in [4.69, 9.17) is 10.5 Å². The fourth-order valence-corrected chi connectivity index (χ4v) is 2.09. The number of ether oxygens (including phenoxy) is 1. The summed E-state index contributed by atoms with van der Waals surface area (Å²) in [6.45, 7) is 0.0117. The van der Waals surface area contributed by atoms with Crippen molar-refractivity contribution in [3.05, 3.63) is 71.7 Å². The molecule has 0 aliphatic heterocycles. The van der Waals surface area contributed by atoms with E-state index in [1.54, 1.807) is 18.3 Å². The molecule has 0 radical (unpaired) electrons. The maximum atomic E-state index is 13.2. The third-order valence-electron chi connectivity index (χ3n) is 3.18. The van der Waals surface area contributed by atoms with E-state index in [1.165, 1.54) is 17.1 Å². The molecule has 0 fully saturated rings. The molecule has 0 atom stereocenters. The zero-order valence-corrected chi connectivity index (χ0v) is 12.3. The van der Waals surface area contributed by atoms with Gasteiger partial charge in [0.15, 0.2) is 5.82 Å². The largest absolute Gasteiger partial charge is 0.489 e. The number of rotatable bonds is 5. The Morgan fingerprint density at radius 1 is 1.25 bits per heavy atom. The molecule has 24 heavy (non-hydrogen) atoms. The normalized spacial score (nSPS) is 10.6. The van der Waals surface area contributed by atoms with Crippen molar-refractivity contribution in [2.24, 2.45) is 5.73 Å². The van der Waals surface area contributed by atoms with E-state index in [0.717, 1.165) is 18.2 Å². The Balaban J connectivity index is 1.85. The number of benzene rings is 1. The smallest absolute Gasteiger partial charge is 0.251 e. The lowest BCUT2D eigenvalue weighted by Gasteiger charge is -2.10. The van der Waals surface area contributed by atoms with Gasteiger partial charge in [-0.15, -0.1) is 0 Å². The van der Waals surface area contributed by atoms with Crippen LogP contribution in [0.2, 0.25) is 0 Å². The quantitative estimate of drug-likeness (QED) is 0.777. The van der Waals surface area contributed by atoms with Crippen molar-refractivity contribution in [2.75, 3.05) is 0 Å². The number of pyridine rings is 1. The minimum atomic E-state index is -0.727. The second-order valence-corrected chi connectivity index (χ2v) is 4.92. The maximum Gasteiger partial charge on any atom is 0.251 e. The predicted molar refractivity (Wildman–Crippen MR) is 80.6 cm³/mol. The number of nitrogens with two attached hydrogens (primary N) is 1. The van der Waals surface area contributed by atoms with Gasteiger partial charge in [-0.05, 0) is 6.07 Å². The van der Waals surface area contributed by atoms with Crippen LogP contribution in [0.15, 0.2) is 48.9 Å². The summed E-state index contributed by atoms with van der Waals surface area (Å²) < 4.78 is 33.2. The average Bonchev–Trinajstić information content (AvgIpc) is 3.02. The Morgan fingerprint density at radius 3 is 2.67 bits per heavy atom. The summed E-state index contributed by atoms with van der Waals surface area (Å²) in [7, 11) is 0. The van der Waals surface area contributed by atoms with Crippen molar-refractivity contribution in [1.82, 2.24) is 14.8 Å². The van der Waals surface area contributed by atoms with Crippen LogP contribution < -0.4 is 10.5 Å². The lowest BCUT2D eigenvalue weighted by molar-refractivity contribution is 0.100. The van der Waals surface area contributed by atoms with Crippen molar-refractivity contribution in [3.63, 3.8) is 0 Å². The van der Waals surface area contributed by atoms with Gasteiger partial charge in [0.2, 0.25) is 0 Å². The first-order valence-electron chi connectivity index (χ1n) is 6.90. The monoisotopic (exact) mass is 330 g/mol. The molecule has 2 heterocycles. The molecule has 122 valence electrons. The van der Waals surface area contributed by atoms with Gasteiger partial charge in [0.05, 0.1) is 11.8 Å². The fourth-order valence-electron chi connectivity index (χ4n) is 2.09. The summed E-state index contributed by atoms with van der Waals surface area (Å²) in [4.78, 5) is 15.3. The minimum absolute atomic E-state index is 0.0117. The van der Waals surface area contributed by atoms with Crippen LogP contribution in [0.25, 0.3) is 5.82 Å². The van der Waals surface area contributed by atoms with Crippen LogP contribution in [0.4, 0.5) is 8.78 Å². The van der Waals surface area contributed by atoms with Gasteiger partial charge in [0, 0.05) is 36.2 Å². The average molecular weight is 330 g/mol. The Labute approximate surface area is 135 Å². The second kappa shape index (κ2) is 6.45. The Kier molecular flexibility index (Phi) is 4.19. The Bertz CT molecular complexity index is 875. The number of nitrogens with zero attached hydrogens (tertiary/aromatic N) is 3. The molecule has 0 bridgehead atoms.